The molecule has 0 amide bonds. The fraction of sp³-hybridized carbons (Fsp3) is 0.667. The summed E-state index contributed by atoms with van der Waals surface area (Å²) in [7, 11) is -4.12. The maximum Gasteiger partial charge on any atom is 1.00 e. The maximum atomic E-state index is 10.2. The molecule has 0 aliphatic rings. The Kier molecular flexibility index (Phi) is 9.77. The van der Waals surface area contributed by atoms with Crippen LogP contribution in [0, 0.1) is 0 Å². The van der Waals surface area contributed by atoms with Crippen molar-refractivity contribution in [2.75, 3.05) is 19.0 Å². The van der Waals surface area contributed by atoms with Crippen LogP contribution in [0.25, 0.3) is 0 Å². The van der Waals surface area contributed by atoms with Crippen molar-refractivity contribution in [2.45, 2.75) is 6.10 Å². The molecule has 5 nitrogen and oxygen atoms in total. The standard InChI is InChI=1S/C6H12O5S.Na.H/c1-2-3-11-4-6(7)5-12(8,9)10;;/h2,6-7H,1,3-5H2,(H,8,9,10);;/q;+1;-1. The summed E-state index contributed by atoms with van der Waals surface area (Å²) >= 11 is 0. The molecule has 74 valence electrons. The Morgan fingerprint density at radius 1 is 1.62 bits per heavy atom. The molecule has 0 spiro atoms. The normalized spacial score (nSPS) is 13.1. The minimum Gasteiger partial charge on any atom is -1.00 e. The zero-order chi connectivity index (χ0) is 9.61. The van der Waals surface area contributed by atoms with E-state index in [1.165, 1.54) is 6.08 Å². The molecule has 0 aliphatic carbocycles. The van der Waals surface area contributed by atoms with Crippen LogP contribution in [0.2, 0.25) is 0 Å². The summed E-state index contributed by atoms with van der Waals surface area (Å²) in [4.78, 5) is 0. The Bertz CT molecular complexity index is 230. The number of rotatable bonds is 6. The summed E-state index contributed by atoms with van der Waals surface area (Å²) < 4.78 is 33.4. The first kappa shape index (κ1) is 16.0. The summed E-state index contributed by atoms with van der Waals surface area (Å²) in [6.07, 6.45) is 0.278. The van der Waals surface area contributed by atoms with Crippen LogP contribution in [0.15, 0.2) is 12.7 Å². The molecule has 0 aromatic heterocycles. The fourth-order valence-electron chi connectivity index (χ4n) is 0.579. The molecule has 13 heavy (non-hydrogen) atoms. The number of ether oxygens (including phenoxy) is 1. The molecule has 1 atom stereocenters. The van der Waals surface area contributed by atoms with E-state index in [0.717, 1.165) is 0 Å². The van der Waals surface area contributed by atoms with Gasteiger partial charge in [-0.15, -0.1) is 6.58 Å². The molecule has 2 N–H and O–H groups in total. The van der Waals surface area contributed by atoms with E-state index >= 15 is 0 Å². The molecule has 0 aliphatic heterocycles. The van der Waals surface area contributed by atoms with Gasteiger partial charge in [-0.25, -0.2) is 0 Å². The molecular formula is C6H13NaO5S. The van der Waals surface area contributed by atoms with Gasteiger partial charge in [0.05, 0.1) is 19.3 Å². The van der Waals surface area contributed by atoms with Gasteiger partial charge in [0.1, 0.15) is 5.75 Å². The second kappa shape index (κ2) is 7.93. The van der Waals surface area contributed by atoms with E-state index in [9.17, 15) is 8.42 Å². The van der Waals surface area contributed by atoms with Crippen LogP contribution >= 0.6 is 0 Å². The average Bonchev–Trinajstić information content (AvgIpc) is 1.84. The van der Waals surface area contributed by atoms with Crippen molar-refractivity contribution in [1.29, 1.82) is 0 Å². The van der Waals surface area contributed by atoms with Crippen LogP contribution < -0.4 is 29.6 Å². The molecule has 0 heterocycles. The van der Waals surface area contributed by atoms with E-state index < -0.39 is 22.0 Å². The fourth-order valence-corrected chi connectivity index (χ4v) is 1.16. The van der Waals surface area contributed by atoms with Gasteiger partial charge in [0, 0.05) is 0 Å². The number of aliphatic hydroxyl groups is 1. The summed E-state index contributed by atoms with van der Waals surface area (Å²) in [5.74, 6) is -0.704. The van der Waals surface area contributed by atoms with E-state index in [0.29, 0.717) is 0 Å². The van der Waals surface area contributed by atoms with E-state index in [1.54, 1.807) is 0 Å². The monoisotopic (exact) mass is 220 g/mol. The third-order valence-electron chi connectivity index (χ3n) is 0.949. The molecule has 0 radical (unpaired) electrons. The zero-order valence-corrected chi connectivity index (χ0v) is 10.3. The molecule has 0 saturated carbocycles. The van der Waals surface area contributed by atoms with Crippen molar-refractivity contribution in [3.8, 4) is 0 Å². The second-order valence-electron chi connectivity index (χ2n) is 2.23. The van der Waals surface area contributed by atoms with Crippen molar-refractivity contribution in [2.24, 2.45) is 0 Å². The van der Waals surface area contributed by atoms with Gasteiger partial charge in [-0.3, -0.25) is 4.55 Å². The number of hydrogen-bond acceptors (Lipinski definition) is 4. The van der Waals surface area contributed by atoms with E-state index in [4.69, 9.17) is 14.4 Å². The molecule has 1 unspecified atom stereocenters. The van der Waals surface area contributed by atoms with Crippen LogP contribution in [0.3, 0.4) is 0 Å². The van der Waals surface area contributed by atoms with Crippen LogP contribution in [-0.2, 0) is 14.9 Å². The van der Waals surface area contributed by atoms with Crippen LogP contribution in [0.4, 0.5) is 0 Å². The van der Waals surface area contributed by atoms with Crippen LogP contribution in [-0.4, -0.2) is 43.1 Å². The van der Waals surface area contributed by atoms with Crippen LogP contribution in [0.5, 0.6) is 0 Å². The smallest absolute Gasteiger partial charge is 1.00 e. The Hall–Kier alpha value is 0.570. The number of hydrogen-bond donors (Lipinski definition) is 2. The van der Waals surface area contributed by atoms with Crippen molar-refractivity contribution in [1.82, 2.24) is 0 Å². The van der Waals surface area contributed by atoms with Gasteiger partial charge < -0.3 is 11.3 Å². The van der Waals surface area contributed by atoms with Crippen molar-refractivity contribution >= 4 is 10.1 Å². The Morgan fingerprint density at radius 3 is 2.54 bits per heavy atom. The van der Waals surface area contributed by atoms with Crippen molar-refractivity contribution in [3.63, 3.8) is 0 Å². The van der Waals surface area contributed by atoms with Gasteiger partial charge in [-0.1, -0.05) is 6.08 Å². The first-order valence-electron chi connectivity index (χ1n) is 3.27. The third kappa shape index (κ3) is 12.6. The summed E-state index contributed by atoms with van der Waals surface area (Å²) in [6, 6.07) is 0. The first-order chi connectivity index (χ1) is 5.45. The van der Waals surface area contributed by atoms with Gasteiger partial charge in [0.25, 0.3) is 10.1 Å². The van der Waals surface area contributed by atoms with E-state index in [1.807, 2.05) is 0 Å². The molecular weight excluding hydrogens is 207 g/mol. The quantitative estimate of drug-likeness (QED) is 0.210. The predicted octanol–water partition coefficient (Wildman–Crippen LogP) is -3.45. The second-order valence-corrected chi connectivity index (χ2v) is 3.73. The predicted molar refractivity (Wildman–Crippen MR) is 44.6 cm³/mol. The molecule has 0 bridgehead atoms. The summed E-state index contributed by atoms with van der Waals surface area (Å²) in [5, 5.41) is 8.91. The van der Waals surface area contributed by atoms with Gasteiger partial charge in [-0.05, 0) is 0 Å². The molecule has 0 fully saturated rings. The third-order valence-corrected chi connectivity index (χ3v) is 1.75. The van der Waals surface area contributed by atoms with Gasteiger partial charge in [0.2, 0.25) is 0 Å². The zero-order valence-electron chi connectivity index (χ0n) is 8.51. The largest absolute Gasteiger partial charge is 1.00 e. The summed E-state index contributed by atoms with van der Waals surface area (Å²) in [6.45, 7) is 3.46. The number of aliphatic hydroxyl groups excluding tert-OH is 1. The Balaban J connectivity index is -0.000000605. The molecule has 0 saturated heterocycles. The average molecular weight is 220 g/mol. The SMILES string of the molecule is C=CCOCC(O)CS(=O)(=O)O.[H-].[Na+]. The van der Waals surface area contributed by atoms with E-state index in [-0.39, 0.29) is 44.2 Å². The van der Waals surface area contributed by atoms with Crippen molar-refractivity contribution in [3.05, 3.63) is 12.7 Å². The minimum absolute atomic E-state index is 0. The van der Waals surface area contributed by atoms with Crippen molar-refractivity contribution < 1.29 is 53.8 Å². The van der Waals surface area contributed by atoms with Gasteiger partial charge in [0.15, 0.2) is 0 Å². The van der Waals surface area contributed by atoms with E-state index in [2.05, 4.69) is 6.58 Å². The minimum atomic E-state index is -4.12. The molecule has 0 aromatic rings. The Morgan fingerprint density at radius 2 is 2.15 bits per heavy atom. The molecule has 0 aromatic carbocycles. The maximum absolute atomic E-state index is 10.2. The molecule has 7 heteroatoms. The Labute approximate surface area is 101 Å². The van der Waals surface area contributed by atoms with Gasteiger partial charge >= 0.3 is 29.6 Å². The first-order valence-corrected chi connectivity index (χ1v) is 4.88. The summed E-state index contributed by atoms with van der Waals surface area (Å²) in [5.41, 5.74) is 0. The molecule has 0 rings (SSSR count). The topological polar surface area (TPSA) is 83.8 Å². The van der Waals surface area contributed by atoms with Gasteiger partial charge in [-0.2, -0.15) is 8.42 Å². The van der Waals surface area contributed by atoms with Crippen LogP contribution in [0.1, 0.15) is 1.43 Å².